The molecule has 3 aliphatic rings. The number of hydrogen-bond donors (Lipinski definition) is 1. The number of esters is 1. The predicted molar refractivity (Wildman–Crippen MR) is 151 cm³/mol. The highest BCUT2D eigenvalue weighted by Crippen LogP contribution is 2.48. The number of ether oxygens (including phenoxy) is 1. The summed E-state index contributed by atoms with van der Waals surface area (Å²) >= 11 is 7.43. The first-order chi connectivity index (χ1) is 17.9. The molecule has 2 fully saturated rings. The molecule has 0 radical (unpaired) electrons. The normalized spacial score (nSPS) is 23.9. The Labute approximate surface area is 230 Å². The Morgan fingerprint density at radius 1 is 1.14 bits per heavy atom. The number of hydrogen-bond acceptors (Lipinski definition) is 5. The maximum atomic E-state index is 13.5. The zero-order valence-electron chi connectivity index (χ0n) is 22.3. The van der Waals surface area contributed by atoms with Gasteiger partial charge in [-0.15, -0.1) is 0 Å². The number of cyclic esters (lactones) is 1. The topological polar surface area (TPSA) is 64.3 Å². The van der Waals surface area contributed by atoms with Crippen molar-refractivity contribution in [2.75, 3.05) is 0 Å². The molecule has 37 heavy (non-hydrogen) atoms. The summed E-state index contributed by atoms with van der Waals surface area (Å²) < 4.78 is 8.45. The van der Waals surface area contributed by atoms with Crippen molar-refractivity contribution in [1.82, 2.24) is 9.55 Å². The lowest BCUT2D eigenvalue weighted by molar-refractivity contribution is -0.166. The fraction of sp³-hybridized carbons (Fsp3) is 0.667. The highest BCUT2D eigenvalue weighted by molar-refractivity contribution is 8.03. The number of rotatable bonds is 9. The maximum absolute atomic E-state index is 13.5. The van der Waals surface area contributed by atoms with Crippen LogP contribution in [-0.4, -0.2) is 26.2 Å². The number of fused-ring (bicyclic) bond motifs is 1. The van der Waals surface area contributed by atoms with E-state index in [9.17, 15) is 9.90 Å². The summed E-state index contributed by atoms with van der Waals surface area (Å²) in [4.78, 5) is 18.5. The van der Waals surface area contributed by atoms with Crippen LogP contribution in [0.5, 0.6) is 0 Å². The van der Waals surface area contributed by atoms with Gasteiger partial charge in [0.05, 0.1) is 11.0 Å². The molecule has 2 aliphatic carbocycles. The number of imidazole rings is 1. The number of aromatic nitrogens is 2. The molecule has 202 valence electrons. The van der Waals surface area contributed by atoms with Gasteiger partial charge in [-0.2, -0.15) is 0 Å². The zero-order chi connectivity index (χ0) is 26.0. The molecule has 1 atom stereocenters. The number of aliphatic hydroxyl groups is 1. The third-order valence-corrected chi connectivity index (χ3v) is 10.1. The van der Waals surface area contributed by atoms with Crippen LogP contribution in [0.4, 0.5) is 0 Å². The van der Waals surface area contributed by atoms with Gasteiger partial charge in [0.15, 0.2) is 5.16 Å². The van der Waals surface area contributed by atoms with Crippen LogP contribution < -0.4 is 0 Å². The maximum Gasteiger partial charge on any atom is 0.349 e. The van der Waals surface area contributed by atoms with E-state index < -0.39 is 11.6 Å². The van der Waals surface area contributed by atoms with E-state index in [0.717, 1.165) is 42.6 Å². The summed E-state index contributed by atoms with van der Waals surface area (Å²) in [6.07, 6.45) is 16.2. The summed E-state index contributed by atoms with van der Waals surface area (Å²) in [7, 11) is 0. The van der Waals surface area contributed by atoms with Crippen LogP contribution in [-0.2, 0) is 9.53 Å². The minimum Gasteiger partial charge on any atom is -0.511 e. The molecule has 1 aliphatic heterocycles. The number of benzene rings is 1. The van der Waals surface area contributed by atoms with Gasteiger partial charge < -0.3 is 14.4 Å². The number of carbonyl (C=O) groups excluding carboxylic acids is 1. The van der Waals surface area contributed by atoms with Crippen molar-refractivity contribution in [3.05, 3.63) is 33.9 Å². The van der Waals surface area contributed by atoms with Crippen molar-refractivity contribution in [1.29, 1.82) is 0 Å². The Bertz CT molecular complexity index is 1150. The van der Waals surface area contributed by atoms with Crippen molar-refractivity contribution in [3.63, 3.8) is 0 Å². The molecule has 2 aromatic rings. The molecule has 7 heteroatoms. The lowest BCUT2D eigenvalue weighted by Crippen LogP contribution is -2.45. The fourth-order valence-electron chi connectivity index (χ4n) is 6.92. The molecule has 2 saturated carbocycles. The Hall–Kier alpha value is -1.66. The van der Waals surface area contributed by atoms with Crippen molar-refractivity contribution in [3.8, 4) is 0 Å². The van der Waals surface area contributed by atoms with Crippen LogP contribution in [0.2, 0.25) is 5.02 Å². The van der Waals surface area contributed by atoms with Gasteiger partial charge in [-0.25, -0.2) is 9.78 Å². The van der Waals surface area contributed by atoms with Gasteiger partial charge in [0, 0.05) is 17.5 Å². The molecule has 5 nitrogen and oxygen atoms in total. The highest BCUT2D eigenvalue weighted by atomic mass is 35.5. The average molecular weight is 545 g/mol. The van der Waals surface area contributed by atoms with Crippen molar-refractivity contribution >= 4 is 40.4 Å². The van der Waals surface area contributed by atoms with Gasteiger partial charge >= 0.3 is 5.97 Å². The van der Waals surface area contributed by atoms with Gasteiger partial charge in [-0.1, -0.05) is 69.4 Å². The van der Waals surface area contributed by atoms with Crippen LogP contribution in [0.3, 0.4) is 0 Å². The minimum absolute atomic E-state index is 0.137. The van der Waals surface area contributed by atoms with Crippen LogP contribution >= 0.6 is 23.4 Å². The molecule has 0 amide bonds. The third-order valence-electron chi connectivity index (χ3n) is 8.83. The van der Waals surface area contributed by atoms with E-state index in [0.29, 0.717) is 22.5 Å². The van der Waals surface area contributed by atoms with Gasteiger partial charge in [0.1, 0.15) is 16.3 Å². The van der Waals surface area contributed by atoms with Gasteiger partial charge in [0.25, 0.3) is 0 Å². The highest BCUT2D eigenvalue weighted by Gasteiger charge is 2.48. The first-order valence-corrected chi connectivity index (χ1v) is 15.6. The number of unbranched alkanes of at least 4 members (excludes halogenated alkanes) is 1. The number of carbonyl (C=O) groups is 1. The lowest BCUT2D eigenvalue weighted by Gasteiger charge is -2.41. The van der Waals surface area contributed by atoms with Crippen LogP contribution in [0.15, 0.2) is 34.0 Å². The van der Waals surface area contributed by atoms with Crippen LogP contribution in [0.1, 0.15) is 110 Å². The monoisotopic (exact) mass is 544 g/mol. The first-order valence-electron chi connectivity index (χ1n) is 14.4. The number of nitrogens with zero attached hydrogens (tertiary/aromatic N) is 2. The Morgan fingerprint density at radius 2 is 1.86 bits per heavy atom. The summed E-state index contributed by atoms with van der Waals surface area (Å²) in [5, 5.41) is 12.6. The minimum atomic E-state index is -0.569. The molecule has 0 spiro atoms. The third kappa shape index (κ3) is 5.85. The standard InChI is InChI=1S/C30H41ClN2O3S/c1-20(2)33-25-16-15-23(31)18-24(25)32-29(33)37-27-26(34)19-30(36-28(27)35,22-13-6-7-14-22)17-9-8-12-21-10-4-3-5-11-21/h15-16,18,20-22,34H,3-14,17,19H2,1-2H3. The predicted octanol–water partition coefficient (Wildman–Crippen LogP) is 9.15. The molecular weight excluding hydrogens is 504 g/mol. The van der Waals surface area contributed by atoms with E-state index in [1.54, 1.807) is 0 Å². The SMILES string of the molecule is CC(C)n1c(SC2=C(O)CC(CCCCC3CCCCC3)(C3CCCC3)OC2=O)nc2cc(Cl)ccc21. The fourth-order valence-corrected chi connectivity index (χ4v) is 8.13. The largest absolute Gasteiger partial charge is 0.511 e. The molecule has 0 bridgehead atoms. The summed E-state index contributed by atoms with van der Waals surface area (Å²) in [6, 6.07) is 5.79. The lowest BCUT2D eigenvalue weighted by atomic mass is 9.77. The molecule has 1 aromatic carbocycles. The zero-order valence-corrected chi connectivity index (χ0v) is 23.9. The summed E-state index contributed by atoms with van der Waals surface area (Å²) in [5.74, 6) is 0.979. The van der Waals surface area contributed by atoms with Crippen molar-refractivity contribution in [2.24, 2.45) is 11.8 Å². The van der Waals surface area contributed by atoms with Gasteiger partial charge in [-0.05, 0) is 81.3 Å². The van der Waals surface area contributed by atoms with E-state index in [4.69, 9.17) is 21.3 Å². The van der Waals surface area contributed by atoms with Crippen molar-refractivity contribution in [2.45, 2.75) is 121 Å². The van der Waals surface area contributed by atoms with E-state index in [-0.39, 0.29) is 16.7 Å². The Morgan fingerprint density at radius 3 is 2.57 bits per heavy atom. The quantitative estimate of drug-likeness (QED) is 0.252. The smallest absolute Gasteiger partial charge is 0.349 e. The average Bonchev–Trinajstić information content (AvgIpc) is 3.53. The van der Waals surface area contributed by atoms with E-state index in [1.165, 1.54) is 69.5 Å². The summed E-state index contributed by atoms with van der Waals surface area (Å²) in [6.45, 7) is 4.18. The van der Waals surface area contributed by atoms with Gasteiger partial charge in [-0.3, -0.25) is 0 Å². The van der Waals surface area contributed by atoms with E-state index in [2.05, 4.69) is 18.4 Å². The molecule has 1 unspecified atom stereocenters. The van der Waals surface area contributed by atoms with Gasteiger partial charge in [0.2, 0.25) is 0 Å². The van der Waals surface area contributed by atoms with Crippen LogP contribution in [0, 0.1) is 11.8 Å². The Kier molecular flexibility index (Phi) is 8.45. The number of halogens is 1. The van der Waals surface area contributed by atoms with Crippen molar-refractivity contribution < 1.29 is 14.6 Å². The molecular formula is C30H41ClN2O3S. The number of aliphatic hydroxyl groups excluding tert-OH is 1. The molecule has 0 saturated heterocycles. The molecule has 1 N–H and O–H groups in total. The Balaban J connectivity index is 1.35. The van der Waals surface area contributed by atoms with E-state index in [1.807, 2.05) is 18.2 Å². The van der Waals surface area contributed by atoms with Crippen LogP contribution in [0.25, 0.3) is 11.0 Å². The van der Waals surface area contributed by atoms with E-state index >= 15 is 0 Å². The second-order valence-electron chi connectivity index (χ2n) is 11.7. The summed E-state index contributed by atoms with van der Waals surface area (Å²) in [5.41, 5.74) is 1.18. The molecule has 5 rings (SSSR count). The second kappa shape index (κ2) is 11.6. The first kappa shape index (κ1) is 26.9. The molecule has 2 heterocycles. The molecule has 1 aromatic heterocycles. The number of thioether (sulfide) groups is 1. The second-order valence-corrected chi connectivity index (χ2v) is 13.1.